The molecule has 2 unspecified atom stereocenters. The number of nitrogens with one attached hydrogen (secondary N) is 1. The lowest BCUT2D eigenvalue weighted by Gasteiger charge is -2.36. The van der Waals surface area contributed by atoms with Crippen LogP contribution in [0.1, 0.15) is 73.6 Å². The van der Waals surface area contributed by atoms with Crippen LogP contribution in [0.5, 0.6) is 0 Å². The lowest BCUT2D eigenvalue weighted by atomic mass is 10.1. The fourth-order valence-electron chi connectivity index (χ4n) is 3.87. The van der Waals surface area contributed by atoms with Crippen LogP contribution >= 0.6 is 0 Å². The Bertz CT molecular complexity index is 598. The quantitative estimate of drug-likeness (QED) is 0.211. The Balaban J connectivity index is 2.53. The first-order chi connectivity index (χ1) is 14.7. The van der Waals surface area contributed by atoms with Gasteiger partial charge in [-0.2, -0.15) is 0 Å². The Kier molecular flexibility index (Phi) is 11.3. The Hall–Kier alpha value is -1.46. The summed E-state index contributed by atoms with van der Waals surface area (Å²) in [5.41, 5.74) is 11.0. The molecule has 7 N–H and O–H groups in total. The zero-order chi connectivity index (χ0) is 24.6. The van der Waals surface area contributed by atoms with Crippen molar-refractivity contribution >= 4 is 12.0 Å². The first-order valence-corrected chi connectivity index (χ1v) is 11.7. The molecular weight excluding hydrogens is 414 g/mol. The molecule has 1 saturated heterocycles. The van der Waals surface area contributed by atoms with E-state index in [1.807, 2.05) is 34.6 Å². The van der Waals surface area contributed by atoms with E-state index in [0.717, 1.165) is 19.3 Å². The number of primary amides is 1. The first-order valence-electron chi connectivity index (χ1n) is 11.7. The third-order valence-electron chi connectivity index (χ3n) is 5.71. The highest BCUT2D eigenvalue weighted by Crippen LogP contribution is 2.24. The van der Waals surface area contributed by atoms with Gasteiger partial charge in [-0.15, -0.1) is 0 Å². The minimum atomic E-state index is -0.990. The second-order valence-electron chi connectivity index (χ2n) is 10.0. The monoisotopic (exact) mass is 459 g/mol. The van der Waals surface area contributed by atoms with Gasteiger partial charge in [-0.25, -0.2) is 4.79 Å². The molecule has 32 heavy (non-hydrogen) atoms. The number of nitrogens with two attached hydrogens (primary N) is 2. The third kappa shape index (κ3) is 9.19. The molecule has 0 radical (unpaired) electrons. The summed E-state index contributed by atoms with van der Waals surface area (Å²) < 4.78 is 5.48. The maximum Gasteiger partial charge on any atom is 0.410 e. The van der Waals surface area contributed by atoms with Crippen LogP contribution in [0.3, 0.4) is 0 Å². The molecular formula is C22H45N5O5. The van der Waals surface area contributed by atoms with Crippen LogP contribution in [0, 0.1) is 0 Å². The summed E-state index contributed by atoms with van der Waals surface area (Å²) in [5, 5.41) is 24.0. The maximum absolute atomic E-state index is 12.4. The number of nitrogens with zero attached hydrogens (tertiary/aromatic N) is 2. The van der Waals surface area contributed by atoms with Crippen molar-refractivity contribution < 1.29 is 24.5 Å². The summed E-state index contributed by atoms with van der Waals surface area (Å²) in [5.74, 6) is -0.548. The normalized spacial score (nSPS) is 21.2. The summed E-state index contributed by atoms with van der Waals surface area (Å²) in [4.78, 5) is 27.1. The molecule has 0 spiro atoms. The van der Waals surface area contributed by atoms with Gasteiger partial charge < -0.3 is 31.3 Å². The van der Waals surface area contributed by atoms with Gasteiger partial charge in [0.25, 0.3) is 0 Å². The molecule has 0 aromatic heterocycles. The van der Waals surface area contributed by atoms with Crippen LogP contribution < -0.4 is 16.8 Å². The van der Waals surface area contributed by atoms with E-state index in [2.05, 4.69) is 5.32 Å². The minimum absolute atomic E-state index is 0.0197. The number of rotatable bonds is 12. The maximum atomic E-state index is 12.4. The van der Waals surface area contributed by atoms with E-state index in [-0.39, 0.29) is 18.2 Å². The molecule has 0 aromatic carbocycles. The van der Waals surface area contributed by atoms with Crippen LogP contribution in [0.2, 0.25) is 0 Å². The molecule has 10 nitrogen and oxygen atoms in total. The molecule has 2 amide bonds. The number of ether oxygens (including phenoxy) is 1. The molecule has 0 aliphatic carbocycles. The zero-order valence-electron chi connectivity index (χ0n) is 20.6. The Morgan fingerprint density at radius 1 is 1.22 bits per heavy atom. The first kappa shape index (κ1) is 28.6. The van der Waals surface area contributed by atoms with E-state index in [9.17, 15) is 19.8 Å². The summed E-state index contributed by atoms with van der Waals surface area (Å²) in [6.45, 7) is 12.2. The van der Waals surface area contributed by atoms with Crippen LogP contribution in [0.4, 0.5) is 4.79 Å². The molecule has 1 aliphatic rings. The number of aliphatic hydroxyl groups excluding tert-OH is 2. The summed E-state index contributed by atoms with van der Waals surface area (Å²) in [6, 6.07) is -1.50. The van der Waals surface area contributed by atoms with Crippen molar-refractivity contribution in [3.05, 3.63) is 0 Å². The molecule has 0 saturated carbocycles. The van der Waals surface area contributed by atoms with Crippen LogP contribution in [0.25, 0.3) is 0 Å². The average Bonchev–Trinajstić information content (AvgIpc) is 3.14. The van der Waals surface area contributed by atoms with Gasteiger partial charge in [-0.05, 0) is 73.6 Å². The highest BCUT2D eigenvalue weighted by Gasteiger charge is 2.37. The largest absolute Gasteiger partial charge is 0.444 e. The number of aliphatic hydroxyl groups is 2. The van der Waals surface area contributed by atoms with Gasteiger partial charge in [0.2, 0.25) is 5.91 Å². The van der Waals surface area contributed by atoms with E-state index in [1.54, 1.807) is 16.7 Å². The highest BCUT2D eigenvalue weighted by molar-refractivity contribution is 5.79. The van der Waals surface area contributed by atoms with Gasteiger partial charge in [-0.1, -0.05) is 0 Å². The Morgan fingerprint density at radius 3 is 2.38 bits per heavy atom. The van der Waals surface area contributed by atoms with Crippen LogP contribution in [-0.2, 0) is 9.53 Å². The molecule has 1 heterocycles. The SMILES string of the molecule is CC(C)N(CCCC[C@H](N)C(O)N1CCC[C@H]1C(O)N[C@H](C)C(N)=O)C(=O)OC(C)(C)C. The van der Waals surface area contributed by atoms with Gasteiger partial charge >= 0.3 is 6.09 Å². The van der Waals surface area contributed by atoms with Crippen molar-refractivity contribution in [2.75, 3.05) is 13.1 Å². The zero-order valence-corrected chi connectivity index (χ0v) is 20.6. The second kappa shape index (κ2) is 12.7. The second-order valence-corrected chi connectivity index (χ2v) is 10.0. The third-order valence-corrected chi connectivity index (χ3v) is 5.71. The molecule has 1 aliphatic heterocycles. The molecule has 10 heteroatoms. The van der Waals surface area contributed by atoms with E-state index in [4.69, 9.17) is 16.2 Å². The van der Waals surface area contributed by atoms with Crippen LogP contribution in [0.15, 0.2) is 0 Å². The van der Waals surface area contributed by atoms with Gasteiger partial charge in [0, 0.05) is 25.2 Å². The van der Waals surface area contributed by atoms with Crippen molar-refractivity contribution in [3.63, 3.8) is 0 Å². The molecule has 0 bridgehead atoms. The summed E-state index contributed by atoms with van der Waals surface area (Å²) >= 11 is 0. The highest BCUT2D eigenvalue weighted by atomic mass is 16.6. The van der Waals surface area contributed by atoms with Gasteiger partial charge in [0.05, 0.1) is 12.1 Å². The average molecular weight is 460 g/mol. The number of carbonyl (C=O) groups is 2. The molecule has 5 atom stereocenters. The molecule has 0 aromatic rings. The topological polar surface area (TPSA) is 154 Å². The van der Waals surface area contributed by atoms with Crippen molar-refractivity contribution in [2.24, 2.45) is 11.5 Å². The standard InChI is InChI=1S/C22H45N5O5/c1-14(2)26(21(31)32-22(4,5)6)12-8-7-10-16(23)20(30)27-13-9-11-17(27)19(29)25-15(3)18(24)28/h14-17,19-20,25,29-30H,7-13,23H2,1-6H3,(H2,24,28)/t15-,16+,17+,19?,20?/m1/s1. The predicted octanol–water partition coefficient (Wildman–Crippen LogP) is 0.694. The van der Waals surface area contributed by atoms with Crippen molar-refractivity contribution in [1.29, 1.82) is 0 Å². The number of hydrogen-bond acceptors (Lipinski definition) is 8. The Labute approximate surface area is 192 Å². The van der Waals surface area contributed by atoms with E-state index >= 15 is 0 Å². The smallest absolute Gasteiger partial charge is 0.410 e. The van der Waals surface area contributed by atoms with Crippen molar-refractivity contribution in [3.8, 4) is 0 Å². The number of hydrogen-bond donors (Lipinski definition) is 5. The summed E-state index contributed by atoms with van der Waals surface area (Å²) in [7, 11) is 0. The van der Waals surface area contributed by atoms with Gasteiger partial charge in [0.15, 0.2) is 0 Å². The summed E-state index contributed by atoms with van der Waals surface area (Å²) in [6.07, 6.45) is 1.32. The number of amides is 2. The van der Waals surface area contributed by atoms with Gasteiger partial charge in [-0.3, -0.25) is 15.0 Å². The van der Waals surface area contributed by atoms with Gasteiger partial charge in [0.1, 0.15) is 18.1 Å². The lowest BCUT2D eigenvalue weighted by Crippen LogP contribution is -2.57. The lowest BCUT2D eigenvalue weighted by molar-refractivity contribution is -0.121. The van der Waals surface area contributed by atoms with E-state index in [1.165, 1.54) is 0 Å². The predicted molar refractivity (Wildman–Crippen MR) is 123 cm³/mol. The van der Waals surface area contributed by atoms with Crippen molar-refractivity contribution in [1.82, 2.24) is 15.1 Å². The number of unbranched alkanes of at least 4 members (excludes halogenated alkanes) is 1. The number of likely N-dealkylation sites (tertiary alicyclic amines) is 1. The fourth-order valence-corrected chi connectivity index (χ4v) is 3.87. The molecule has 1 rings (SSSR count). The molecule has 188 valence electrons. The fraction of sp³-hybridized carbons (Fsp3) is 0.909. The molecule has 1 fully saturated rings. The van der Waals surface area contributed by atoms with E-state index in [0.29, 0.717) is 25.9 Å². The van der Waals surface area contributed by atoms with Crippen molar-refractivity contribution in [2.45, 2.75) is 116 Å². The minimum Gasteiger partial charge on any atom is -0.444 e. The van der Waals surface area contributed by atoms with E-state index < -0.39 is 36.0 Å². The Morgan fingerprint density at radius 2 is 1.84 bits per heavy atom. The number of carbonyl (C=O) groups excluding carboxylic acids is 2. The van der Waals surface area contributed by atoms with Crippen LogP contribution in [-0.4, -0.2) is 87.3 Å².